The van der Waals surface area contributed by atoms with E-state index in [4.69, 9.17) is 0 Å². The second kappa shape index (κ2) is 6.87. The van der Waals surface area contributed by atoms with Gasteiger partial charge in [0, 0.05) is 18.1 Å². The maximum absolute atomic E-state index is 12.6. The molecule has 0 bridgehead atoms. The lowest BCUT2D eigenvalue weighted by Crippen LogP contribution is -2.24. The Morgan fingerprint density at radius 3 is 2.42 bits per heavy atom. The molecule has 0 spiro atoms. The zero-order valence-electron chi connectivity index (χ0n) is 16.1. The topological polar surface area (TPSA) is 54.9 Å². The Hall–Kier alpha value is -2.75. The van der Waals surface area contributed by atoms with Crippen molar-refractivity contribution in [3.05, 3.63) is 70.5 Å². The Balaban J connectivity index is 1.76. The summed E-state index contributed by atoms with van der Waals surface area (Å²) in [5, 5.41) is 3.88. The standard InChI is InChI=1S/C22H25N3O/c1-14-10-17-11-19(15(2)25-20(17)23-12-14)21(26)24-13-16-6-8-18(9-7-16)22(3,4)5/h6-12H,13H2,1-5H3,(H,24,26). The van der Waals surface area contributed by atoms with Gasteiger partial charge in [-0.3, -0.25) is 4.79 Å². The van der Waals surface area contributed by atoms with Gasteiger partial charge in [-0.15, -0.1) is 0 Å². The Labute approximate surface area is 154 Å². The van der Waals surface area contributed by atoms with E-state index in [0.29, 0.717) is 23.4 Å². The van der Waals surface area contributed by atoms with E-state index in [1.165, 1.54) is 5.56 Å². The van der Waals surface area contributed by atoms with Crippen molar-refractivity contribution >= 4 is 16.9 Å². The van der Waals surface area contributed by atoms with Gasteiger partial charge in [0.2, 0.25) is 0 Å². The van der Waals surface area contributed by atoms with E-state index in [-0.39, 0.29) is 11.3 Å². The molecule has 0 radical (unpaired) electrons. The minimum Gasteiger partial charge on any atom is -0.348 e. The van der Waals surface area contributed by atoms with E-state index in [1.807, 2.05) is 26.0 Å². The molecule has 0 saturated heterocycles. The minimum absolute atomic E-state index is 0.113. The first kappa shape index (κ1) is 18.1. The van der Waals surface area contributed by atoms with E-state index >= 15 is 0 Å². The highest BCUT2D eigenvalue weighted by Gasteiger charge is 2.14. The van der Waals surface area contributed by atoms with Crippen LogP contribution in [-0.4, -0.2) is 15.9 Å². The van der Waals surface area contributed by atoms with E-state index in [1.54, 1.807) is 6.20 Å². The molecule has 0 saturated carbocycles. The van der Waals surface area contributed by atoms with Crippen LogP contribution in [0.15, 0.2) is 42.6 Å². The lowest BCUT2D eigenvalue weighted by atomic mass is 9.87. The van der Waals surface area contributed by atoms with Crippen molar-refractivity contribution < 1.29 is 4.79 Å². The van der Waals surface area contributed by atoms with Crippen molar-refractivity contribution in [1.82, 2.24) is 15.3 Å². The summed E-state index contributed by atoms with van der Waals surface area (Å²) >= 11 is 0. The first-order valence-corrected chi connectivity index (χ1v) is 8.85. The van der Waals surface area contributed by atoms with Crippen molar-refractivity contribution in [3.63, 3.8) is 0 Å². The molecule has 0 aliphatic heterocycles. The highest BCUT2D eigenvalue weighted by molar-refractivity contribution is 5.98. The average molecular weight is 347 g/mol. The first-order valence-electron chi connectivity index (χ1n) is 8.85. The van der Waals surface area contributed by atoms with Crippen LogP contribution in [0.4, 0.5) is 0 Å². The average Bonchev–Trinajstić information content (AvgIpc) is 2.59. The SMILES string of the molecule is Cc1cnc2nc(C)c(C(=O)NCc3ccc(C(C)(C)C)cc3)cc2c1. The number of carbonyl (C=O) groups excluding carboxylic acids is 1. The molecule has 3 aromatic rings. The van der Waals surface area contributed by atoms with E-state index in [0.717, 1.165) is 16.5 Å². The molecular formula is C22H25N3O. The maximum Gasteiger partial charge on any atom is 0.253 e. The molecule has 1 aromatic carbocycles. The third kappa shape index (κ3) is 3.90. The summed E-state index contributed by atoms with van der Waals surface area (Å²) in [7, 11) is 0. The fourth-order valence-electron chi connectivity index (χ4n) is 2.89. The molecule has 0 aliphatic rings. The van der Waals surface area contributed by atoms with Crippen LogP contribution in [0, 0.1) is 13.8 Å². The number of aryl methyl sites for hydroxylation is 2. The van der Waals surface area contributed by atoms with Crippen molar-refractivity contribution in [2.45, 2.75) is 46.6 Å². The molecular weight excluding hydrogens is 322 g/mol. The molecule has 2 heterocycles. The van der Waals surface area contributed by atoms with Crippen LogP contribution in [0.5, 0.6) is 0 Å². The van der Waals surface area contributed by atoms with Crippen LogP contribution < -0.4 is 5.32 Å². The van der Waals surface area contributed by atoms with Gasteiger partial charge < -0.3 is 5.32 Å². The zero-order valence-corrected chi connectivity index (χ0v) is 16.1. The summed E-state index contributed by atoms with van der Waals surface area (Å²) in [4.78, 5) is 21.4. The molecule has 2 aromatic heterocycles. The predicted molar refractivity (Wildman–Crippen MR) is 105 cm³/mol. The van der Waals surface area contributed by atoms with Crippen LogP contribution in [0.3, 0.4) is 0 Å². The van der Waals surface area contributed by atoms with Gasteiger partial charge in [-0.1, -0.05) is 45.0 Å². The summed E-state index contributed by atoms with van der Waals surface area (Å²) in [6.07, 6.45) is 1.79. The number of pyridine rings is 2. The quantitative estimate of drug-likeness (QED) is 0.760. The predicted octanol–water partition coefficient (Wildman–Crippen LogP) is 4.47. The third-order valence-corrected chi connectivity index (χ3v) is 4.51. The van der Waals surface area contributed by atoms with Crippen LogP contribution in [0.1, 0.15) is 53.5 Å². The monoisotopic (exact) mass is 347 g/mol. The molecule has 0 unspecified atom stereocenters. The Morgan fingerprint density at radius 2 is 1.77 bits per heavy atom. The molecule has 4 heteroatoms. The van der Waals surface area contributed by atoms with Gasteiger partial charge >= 0.3 is 0 Å². The lowest BCUT2D eigenvalue weighted by molar-refractivity contribution is 0.0950. The number of rotatable bonds is 3. The first-order chi connectivity index (χ1) is 12.2. The molecule has 134 valence electrons. The summed E-state index contributed by atoms with van der Waals surface area (Å²) in [6, 6.07) is 12.3. The van der Waals surface area contributed by atoms with Gasteiger partial charge in [0.25, 0.3) is 5.91 Å². The molecule has 1 N–H and O–H groups in total. The van der Waals surface area contributed by atoms with Gasteiger partial charge in [0.15, 0.2) is 5.65 Å². The fraction of sp³-hybridized carbons (Fsp3) is 0.318. The van der Waals surface area contributed by atoms with Gasteiger partial charge in [-0.05, 0) is 48.1 Å². The Kier molecular flexibility index (Phi) is 4.77. The lowest BCUT2D eigenvalue weighted by Gasteiger charge is -2.19. The second-order valence-electron chi connectivity index (χ2n) is 7.81. The molecule has 3 rings (SSSR count). The van der Waals surface area contributed by atoms with Crippen LogP contribution in [-0.2, 0) is 12.0 Å². The van der Waals surface area contributed by atoms with Gasteiger partial charge in [-0.2, -0.15) is 0 Å². The molecule has 0 fully saturated rings. The maximum atomic E-state index is 12.6. The summed E-state index contributed by atoms with van der Waals surface area (Å²) in [5.41, 5.74) is 5.49. The fourth-order valence-corrected chi connectivity index (χ4v) is 2.89. The number of benzene rings is 1. The Bertz CT molecular complexity index is 954. The van der Waals surface area contributed by atoms with Crippen molar-refractivity contribution in [3.8, 4) is 0 Å². The minimum atomic E-state index is -0.113. The highest BCUT2D eigenvalue weighted by atomic mass is 16.1. The Morgan fingerprint density at radius 1 is 1.08 bits per heavy atom. The normalized spacial score (nSPS) is 11.6. The van der Waals surface area contributed by atoms with Gasteiger partial charge in [0.1, 0.15) is 0 Å². The second-order valence-corrected chi connectivity index (χ2v) is 7.81. The van der Waals surface area contributed by atoms with Crippen LogP contribution in [0.2, 0.25) is 0 Å². The molecule has 0 aliphatic carbocycles. The number of carbonyl (C=O) groups is 1. The smallest absolute Gasteiger partial charge is 0.253 e. The summed E-state index contributed by atoms with van der Waals surface area (Å²) < 4.78 is 0. The molecule has 4 nitrogen and oxygen atoms in total. The third-order valence-electron chi connectivity index (χ3n) is 4.51. The van der Waals surface area contributed by atoms with Crippen molar-refractivity contribution in [1.29, 1.82) is 0 Å². The number of hydrogen-bond acceptors (Lipinski definition) is 3. The van der Waals surface area contributed by atoms with Crippen molar-refractivity contribution in [2.75, 3.05) is 0 Å². The number of nitrogens with one attached hydrogen (secondary N) is 1. The zero-order chi connectivity index (χ0) is 18.9. The molecule has 1 amide bonds. The van der Waals surface area contributed by atoms with Crippen molar-refractivity contribution in [2.24, 2.45) is 0 Å². The highest BCUT2D eigenvalue weighted by Crippen LogP contribution is 2.22. The van der Waals surface area contributed by atoms with E-state index in [9.17, 15) is 4.79 Å². The van der Waals surface area contributed by atoms with Gasteiger partial charge in [-0.25, -0.2) is 9.97 Å². The van der Waals surface area contributed by atoms with Gasteiger partial charge in [0.05, 0.1) is 11.3 Å². The number of fused-ring (bicyclic) bond motifs is 1. The molecule has 0 atom stereocenters. The van der Waals surface area contributed by atoms with Crippen LogP contribution >= 0.6 is 0 Å². The number of nitrogens with zero attached hydrogens (tertiary/aromatic N) is 2. The van der Waals surface area contributed by atoms with Crippen LogP contribution in [0.25, 0.3) is 11.0 Å². The summed E-state index contributed by atoms with van der Waals surface area (Å²) in [6.45, 7) is 10.9. The largest absolute Gasteiger partial charge is 0.348 e. The number of aromatic nitrogens is 2. The molecule has 26 heavy (non-hydrogen) atoms. The number of hydrogen-bond donors (Lipinski definition) is 1. The summed E-state index contributed by atoms with van der Waals surface area (Å²) in [5.74, 6) is -0.113. The van der Waals surface area contributed by atoms with E-state index in [2.05, 4.69) is 60.3 Å². The van der Waals surface area contributed by atoms with E-state index < -0.39 is 0 Å². The number of amides is 1.